The Morgan fingerprint density at radius 2 is 2.00 bits per heavy atom. The number of nitrogens with one attached hydrogen (secondary N) is 1. The lowest BCUT2D eigenvalue weighted by Gasteiger charge is -2.31. The molecule has 0 unspecified atom stereocenters. The quantitative estimate of drug-likeness (QED) is 0.629. The highest BCUT2D eigenvalue weighted by Gasteiger charge is 2.16. The molecule has 1 N–H and O–H groups in total. The minimum atomic E-state index is 0.934. The summed E-state index contributed by atoms with van der Waals surface area (Å²) in [5, 5.41) is 3.32. The van der Waals surface area contributed by atoms with Crippen molar-refractivity contribution >= 4 is 0 Å². The van der Waals surface area contributed by atoms with Crippen LogP contribution in [-0.2, 0) is 0 Å². The maximum atomic E-state index is 3.81. The fourth-order valence-electron chi connectivity index (χ4n) is 1.44. The summed E-state index contributed by atoms with van der Waals surface area (Å²) in [6.45, 7) is 11.9. The first-order chi connectivity index (χ1) is 5.88. The largest absolute Gasteiger partial charge is 0.314 e. The van der Waals surface area contributed by atoms with E-state index in [-0.39, 0.29) is 0 Å². The molecule has 1 rings (SSSR count). The summed E-state index contributed by atoms with van der Waals surface area (Å²) in [4.78, 5) is 2.37. The molecular weight excluding hydrogens is 148 g/mol. The van der Waals surface area contributed by atoms with Gasteiger partial charge in [0.1, 0.15) is 0 Å². The maximum Gasteiger partial charge on any atom is 0.0648 e. The first-order valence-corrected chi connectivity index (χ1v) is 4.43. The van der Waals surface area contributed by atoms with Crippen molar-refractivity contribution < 1.29 is 0 Å². The van der Waals surface area contributed by atoms with Crippen molar-refractivity contribution in [1.29, 1.82) is 0 Å². The van der Waals surface area contributed by atoms with E-state index in [0.717, 1.165) is 32.6 Å². The summed E-state index contributed by atoms with van der Waals surface area (Å²) >= 11 is 0. The molecule has 12 heavy (non-hydrogen) atoms. The van der Waals surface area contributed by atoms with Crippen LogP contribution < -0.4 is 5.32 Å². The molecule has 1 saturated heterocycles. The molecule has 0 atom stereocenters. The van der Waals surface area contributed by atoms with E-state index in [1.165, 1.54) is 6.04 Å². The van der Waals surface area contributed by atoms with E-state index in [2.05, 4.69) is 23.4 Å². The zero-order valence-corrected chi connectivity index (χ0v) is 7.55. The minimum Gasteiger partial charge on any atom is -0.314 e. The molecule has 0 spiro atoms. The van der Waals surface area contributed by atoms with Gasteiger partial charge in [0.2, 0.25) is 0 Å². The molecule has 2 nitrogen and oxygen atoms in total. The lowest BCUT2D eigenvalue weighted by molar-refractivity contribution is 0.262. The summed E-state index contributed by atoms with van der Waals surface area (Å²) < 4.78 is 0. The highest BCUT2D eigenvalue weighted by molar-refractivity contribution is 5.09. The average molecular weight is 165 g/mol. The molecular formula is C10H17N2. The molecule has 1 radical (unpaired) electrons. The summed E-state index contributed by atoms with van der Waals surface area (Å²) in [5.41, 5.74) is 0. The highest BCUT2D eigenvalue weighted by Crippen LogP contribution is 2.14. The molecule has 0 aromatic heterocycles. The van der Waals surface area contributed by atoms with Crippen LogP contribution in [0, 0.1) is 6.04 Å². The average Bonchev–Trinajstić information content (AvgIpc) is 2.15. The topological polar surface area (TPSA) is 15.3 Å². The summed E-state index contributed by atoms with van der Waals surface area (Å²) in [7, 11) is 0. The van der Waals surface area contributed by atoms with Gasteiger partial charge in [-0.05, 0) is 6.42 Å². The van der Waals surface area contributed by atoms with Gasteiger partial charge in [0.25, 0.3) is 0 Å². The third-order valence-corrected chi connectivity index (χ3v) is 2.11. The Balaban J connectivity index is 2.39. The maximum absolute atomic E-state index is 3.81. The summed E-state index contributed by atoms with van der Waals surface area (Å²) in [6.07, 6.45) is 4.80. The third kappa shape index (κ3) is 2.47. The number of hydrogen-bond acceptors (Lipinski definition) is 2. The van der Waals surface area contributed by atoms with E-state index < -0.39 is 0 Å². The van der Waals surface area contributed by atoms with Crippen molar-refractivity contribution in [3.63, 3.8) is 0 Å². The van der Waals surface area contributed by atoms with E-state index in [1.807, 2.05) is 12.2 Å². The van der Waals surface area contributed by atoms with Crippen molar-refractivity contribution in [3.8, 4) is 0 Å². The predicted molar refractivity (Wildman–Crippen MR) is 52.7 cm³/mol. The van der Waals surface area contributed by atoms with Crippen molar-refractivity contribution in [2.24, 2.45) is 0 Å². The first-order valence-electron chi connectivity index (χ1n) is 4.43. The Morgan fingerprint density at radius 3 is 2.50 bits per heavy atom. The van der Waals surface area contributed by atoms with Gasteiger partial charge >= 0.3 is 0 Å². The lowest BCUT2D eigenvalue weighted by Crippen LogP contribution is -2.44. The molecule has 1 heterocycles. The molecule has 1 fully saturated rings. The number of rotatable bonds is 4. The van der Waals surface area contributed by atoms with Gasteiger partial charge in [-0.15, -0.1) is 13.2 Å². The second-order valence-electron chi connectivity index (χ2n) is 2.93. The van der Waals surface area contributed by atoms with Crippen LogP contribution in [0.5, 0.6) is 0 Å². The molecule has 1 aliphatic heterocycles. The Labute approximate surface area is 74.9 Å². The van der Waals surface area contributed by atoms with Gasteiger partial charge in [-0.25, -0.2) is 0 Å². The molecule has 0 aromatic carbocycles. The van der Waals surface area contributed by atoms with Crippen LogP contribution in [0.15, 0.2) is 25.3 Å². The van der Waals surface area contributed by atoms with Crippen molar-refractivity contribution in [2.75, 3.05) is 26.2 Å². The van der Waals surface area contributed by atoms with Crippen molar-refractivity contribution in [1.82, 2.24) is 10.2 Å². The molecule has 2 heteroatoms. The Hall–Kier alpha value is -0.600. The lowest BCUT2D eigenvalue weighted by atomic mass is 10.1. The second kappa shape index (κ2) is 5.12. The summed E-state index contributed by atoms with van der Waals surface area (Å²) in [6, 6.07) is 1.30. The van der Waals surface area contributed by atoms with E-state index in [4.69, 9.17) is 0 Å². The number of piperazine rings is 1. The normalized spacial score (nSPS) is 19.4. The van der Waals surface area contributed by atoms with Gasteiger partial charge in [-0.1, -0.05) is 12.2 Å². The van der Waals surface area contributed by atoms with E-state index in [9.17, 15) is 0 Å². The van der Waals surface area contributed by atoms with Gasteiger partial charge in [-0.3, -0.25) is 4.90 Å². The highest BCUT2D eigenvalue weighted by atomic mass is 15.2. The van der Waals surface area contributed by atoms with Crippen molar-refractivity contribution in [3.05, 3.63) is 31.4 Å². The zero-order valence-electron chi connectivity index (χ0n) is 7.55. The van der Waals surface area contributed by atoms with Crippen LogP contribution in [0.4, 0.5) is 0 Å². The minimum absolute atomic E-state index is 0.934. The molecule has 0 aromatic rings. The van der Waals surface area contributed by atoms with Gasteiger partial charge < -0.3 is 5.32 Å². The third-order valence-electron chi connectivity index (χ3n) is 2.11. The second-order valence-corrected chi connectivity index (χ2v) is 2.93. The molecule has 0 aliphatic carbocycles. The molecule has 0 bridgehead atoms. The SMILES string of the molecule is C=CC[C](C=C)N1CCNCC1. The van der Waals surface area contributed by atoms with E-state index in [1.54, 1.807) is 0 Å². The molecule has 0 amide bonds. The molecule has 1 aliphatic rings. The fraction of sp³-hybridized carbons (Fsp3) is 0.500. The van der Waals surface area contributed by atoms with Gasteiger partial charge in [0, 0.05) is 26.2 Å². The van der Waals surface area contributed by atoms with Crippen LogP contribution in [-0.4, -0.2) is 31.1 Å². The first kappa shape index (κ1) is 9.49. The van der Waals surface area contributed by atoms with E-state index in [0.29, 0.717) is 0 Å². The van der Waals surface area contributed by atoms with Crippen LogP contribution >= 0.6 is 0 Å². The fourth-order valence-corrected chi connectivity index (χ4v) is 1.44. The number of hydrogen-bond donors (Lipinski definition) is 1. The Morgan fingerprint density at radius 1 is 1.33 bits per heavy atom. The Kier molecular flexibility index (Phi) is 4.05. The predicted octanol–water partition coefficient (Wildman–Crippen LogP) is 1.19. The Bertz CT molecular complexity index is 148. The van der Waals surface area contributed by atoms with Crippen molar-refractivity contribution in [2.45, 2.75) is 6.42 Å². The van der Waals surface area contributed by atoms with Crippen LogP contribution in [0.2, 0.25) is 0 Å². The van der Waals surface area contributed by atoms with Gasteiger partial charge in [-0.2, -0.15) is 0 Å². The molecule has 0 saturated carbocycles. The monoisotopic (exact) mass is 165 g/mol. The summed E-state index contributed by atoms with van der Waals surface area (Å²) in [5.74, 6) is 0. The molecule has 67 valence electrons. The standard InChI is InChI=1S/C10H17N2/c1-3-5-10(4-2)12-8-6-11-7-9-12/h3-4,11H,1-2,5-9H2. The zero-order chi connectivity index (χ0) is 8.81. The number of nitrogens with zero attached hydrogens (tertiary/aromatic N) is 1. The van der Waals surface area contributed by atoms with E-state index >= 15 is 0 Å². The van der Waals surface area contributed by atoms with Crippen LogP contribution in [0.25, 0.3) is 0 Å². The van der Waals surface area contributed by atoms with Gasteiger partial charge in [0.15, 0.2) is 0 Å². The smallest absolute Gasteiger partial charge is 0.0648 e. The van der Waals surface area contributed by atoms with Crippen LogP contribution in [0.1, 0.15) is 6.42 Å². The van der Waals surface area contributed by atoms with Gasteiger partial charge in [0.05, 0.1) is 6.04 Å². The van der Waals surface area contributed by atoms with Crippen LogP contribution in [0.3, 0.4) is 0 Å².